The van der Waals surface area contributed by atoms with Crippen LogP contribution in [0.4, 0.5) is 5.69 Å². The van der Waals surface area contributed by atoms with Crippen molar-refractivity contribution >= 4 is 45.9 Å². The number of aromatic nitrogens is 1. The molecule has 2 saturated heterocycles. The van der Waals surface area contributed by atoms with Gasteiger partial charge in [-0.15, -0.1) is 0 Å². The molecule has 3 amide bonds. The van der Waals surface area contributed by atoms with Gasteiger partial charge in [-0.2, -0.15) is 0 Å². The molecule has 4 aromatic carbocycles. The van der Waals surface area contributed by atoms with E-state index >= 15 is 0 Å². The van der Waals surface area contributed by atoms with Crippen molar-refractivity contribution in [3.63, 3.8) is 0 Å². The number of hydrogen-bond acceptors (Lipinski definition) is 6. The van der Waals surface area contributed by atoms with Crippen molar-refractivity contribution in [3.05, 3.63) is 126 Å². The van der Waals surface area contributed by atoms with Crippen LogP contribution in [0.25, 0.3) is 22.2 Å². The van der Waals surface area contributed by atoms with E-state index in [1.54, 1.807) is 9.80 Å². The predicted octanol–water partition coefficient (Wildman–Crippen LogP) is 8.35. The summed E-state index contributed by atoms with van der Waals surface area (Å²) in [5.74, 6) is -0.992. The van der Waals surface area contributed by atoms with E-state index in [1.807, 2.05) is 143 Å². The number of carbonyl (C=O) groups excluding carboxylic acids is 5. The van der Waals surface area contributed by atoms with Crippen LogP contribution in [0.5, 0.6) is 0 Å². The number of anilines is 1. The van der Waals surface area contributed by atoms with Crippen LogP contribution in [-0.4, -0.2) is 88.2 Å². The minimum absolute atomic E-state index is 0.000210. The van der Waals surface area contributed by atoms with Gasteiger partial charge in [0.05, 0.1) is 12.0 Å². The average Bonchev–Trinajstić information content (AvgIpc) is 4.01. The van der Waals surface area contributed by atoms with Gasteiger partial charge in [-0.3, -0.25) is 28.9 Å². The highest BCUT2D eigenvalue weighted by Crippen LogP contribution is 2.33. The first-order valence-electron chi connectivity index (χ1n) is 21.2. The summed E-state index contributed by atoms with van der Waals surface area (Å²) in [6.07, 6.45) is 3.43. The summed E-state index contributed by atoms with van der Waals surface area (Å²) in [6.45, 7) is 7.11. The lowest BCUT2D eigenvalue weighted by Crippen LogP contribution is -2.47. The number of hydrogen-bond donors (Lipinski definition) is 2. The monoisotopic (exact) mass is 807 g/mol. The molecule has 0 aliphatic carbocycles. The van der Waals surface area contributed by atoms with E-state index in [9.17, 15) is 24.0 Å². The Morgan fingerprint density at radius 1 is 0.750 bits per heavy atom. The molecule has 0 spiro atoms. The van der Waals surface area contributed by atoms with Gasteiger partial charge in [-0.1, -0.05) is 99.6 Å². The zero-order valence-corrected chi connectivity index (χ0v) is 35.4. The van der Waals surface area contributed by atoms with Gasteiger partial charge in [0.25, 0.3) is 0 Å². The molecule has 4 atom stereocenters. The molecule has 10 nitrogen and oxygen atoms in total. The molecular weight excluding hydrogens is 751 g/mol. The fourth-order valence-electron chi connectivity index (χ4n) is 8.97. The van der Waals surface area contributed by atoms with Gasteiger partial charge in [0, 0.05) is 54.6 Å². The van der Waals surface area contributed by atoms with Crippen molar-refractivity contribution in [3.8, 4) is 11.3 Å². The van der Waals surface area contributed by atoms with E-state index in [-0.39, 0.29) is 47.5 Å². The molecular formula is C50H57N5O5. The van der Waals surface area contributed by atoms with Gasteiger partial charge in [-0.25, -0.2) is 0 Å². The Balaban J connectivity index is 0.991. The highest BCUT2D eigenvalue weighted by atomic mass is 16.2. The van der Waals surface area contributed by atoms with Gasteiger partial charge in [0.15, 0.2) is 5.78 Å². The van der Waals surface area contributed by atoms with Crippen LogP contribution in [0.2, 0.25) is 0 Å². The number of benzene rings is 4. The standard InChI is InChI=1S/C50H57N5O5/c1-50(2,3)32-39(56)31-40(34-14-8-6-9-15-34)48(59)54-26-12-18-43(54)45(57)29-33-20-25-41-37(28-33)30-42(52-41)35-21-23-38(24-22-35)51-47(58)44-19-13-27-55(44)49(60)46(53(4)5)36-16-10-7-11-17-36/h6-11,14-17,20-25,28,30,40,43-44,46,52H,12-13,18-19,26-27,29,31-32H2,1-5H3,(H,51,58)/t40-,43+,44+,46-/m1/s1. The molecule has 3 heterocycles. The maximum absolute atomic E-state index is 14.2. The van der Waals surface area contributed by atoms with E-state index in [2.05, 4.69) is 16.4 Å². The van der Waals surface area contributed by atoms with Crippen molar-refractivity contribution in [1.82, 2.24) is 19.7 Å². The molecule has 0 saturated carbocycles. The van der Waals surface area contributed by atoms with Crippen LogP contribution < -0.4 is 5.32 Å². The minimum Gasteiger partial charge on any atom is -0.355 e. The summed E-state index contributed by atoms with van der Waals surface area (Å²) in [6, 6.07) is 33.2. The second-order valence-electron chi connectivity index (χ2n) is 17.9. The van der Waals surface area contributed by atoms with Crippen molar-refractivity contribution in [2.75, 3.05) is 32.5 Å². The lowest BCUT2D eigenvalue weighted by Gasteiger charge is -2.31. The number of fused-ring (bicyclic) bond motifs is 1. The first-order valence-corrected chi connectivity index (χ1v) is 21.2. The van der Waals surface area contributed by atoms with Crippen molar-refractivity contribution < 1.29 is 24.0 Å². The highest BCUT2D eigenvalue weighted by Gasteiger charge is 2.40. The number of nitrogens with one attached hydrogen (secondary N) is 2. The molecule has 0 bridgehead atoms. The number of ketones is 2. The van der Waals surface area contributed by atoms with Gasteiger partial charge in [0.2, 0.25) is 17.7 Å². The largest absolute Gasteiger partial charge is 0.355 e. The number of carbonyl (C=O) groups is 5. The number of H-pyrrole nitrogens is 1. The molecule has 1 aromatic heterocycles. The number of likely N-dealkylation sites (N-methyl/N-ethyl adjacent to an activating group) is 1. The molecule has 7 rings (SSSR count). The fraction of sp³-hybridized carbons (Fsp3) is 0.380. The van der Waals surface area contributed by atoms with E-state index in [0.717, 1.165) is 51.7 Å². The quantitative estimate of drug-likeness (QED) is 0.116. The van der Waals surface area contributed by atoms with E-state index in [0.29, 0.717) is 38.0 Å². The SMILES string of the molecule is CN(C)[C@@H](C(=O)N1CCC[C@H]1C(=O)Nc1ccc(-c2cc3cc(CC(=O)[C@@H]4CCCN4C(=O)[C@H](CC(=O)CC(C)(C)C)c4ccccc4)ccc3[nH]2)cc1)c1ccccc1. The third kappa shape index (κ3) is 9.77. The van der Waals surface area contributed by atoms with Crippen LogP contribution in [-0.2, 0) is 30.4 Å². The molecule has 10 heteroatoms. The molecule has 312 valence electrons. The summed E-state index contributed by atoms with van der Waals surface area (Å²) in [5.41, 5.74) is 5.81. The Morgan fingerprint density at radius 2 is 1.37 bits per heavy atom. The molecule has 5 aromatic rings. The topological polar surface area (TPSA) is 123 Å². The third-order valence-corrected chi connectivity index (χ3v) is 11.8. The van der Waals surface area contributed by atoms with Gasteiger partial charge < -0.3 is 20.1 Å². The lowest BCUT2D eigenvalue weighted by molar-refractivity contribution is -0.140. The van der Waals surface area contributed by atoms with Crippen LogP contribution in [0.1, 0.15) is 87.9 Å². The molecule has 2 aliphatic heterocycles. The molecule has 0 radical (unpaired) electrons. The normalized spacial score (nSPS) is 17.8. The fourth-order valence-corrected chi connectivity index (χ4v) is 8.97. The van der Waals surface area contributed by atoms with Gasteiger partial charge >= 0.3 is 0 Å². The number of aromatic amines is 1. The van der Waals surface area contributed by atoms with Crippen molar-refractivity contribution in [2.45, 2.75) is 89.8 Å². The van der Waals surface area contributed by atoms with Crippen LogP contribution >= 0.6 is 0 Å². The Kier molecular flexibility index (Phi) is 12.8. The number of amides is 3. The smallest absolute Gasteiger partial charge is 0.247 e. The molecule has 60 heavy (non-hydrogen) atoms. The first kappa shape index (κ1) is 42.3. The summed E-state index contributed by atoms with van der Waals surface area (Å²) >= 11 is 0. The summed E-state index contributed by atoms with van der Waals surface area (Å²) in [7, 11) is 3.77. The Labute approximate surface area is 353 Å². The van der Waals surface area contributed by atoms with E-state index in [4.69, 9.17) is 0 Å². The van der Waals surface area contributed by atoms with Gasteiger partial charge in [-0.05, 0) is 97.8 Å². The van der Waals surface area contributed by atoms with Crippen molar-refractivity contribution in [1.29, 1.82) is 0 Å². The minimum atomic E-state index is -0.621. The lowest BCUT2D eigenvalue weighted by atomic mass is 9.84. The van der Waals surface area contributed by atoms with E-state index < -0.39 is 24.0 Å². The zero-order chi connectivity index (χ0) is 42.6. The molecule has 0 unspecified atom stereocenters. The maximum Gasteiger partial charge on any atom is 0.247 e. The summed E-state index contributed by atoms with van der Waals surface area (Å²) in [5, 5.41) is 4.01. The first-order chi connectivity index (χ1) is 28.8. The number of nitrogens with zero attached hydrogens (tertiary/aromatic N) is 3. The Bertz CT molecular complexity index is 2330. The van der Waals surface area contributed by atoms with Crippen molar-refractivity contribution in [2.24, 2.45) is 5.41 Å². The zero-order valence-electron chi connectivity index (χ0n) is 35.4. The predicted molar refractivity (Wildman–Crippen MR) is 236 cm³/mol. The summed E-state index contributed by atoms with van der Waals surface area (Å²) in [4.78, 5) is 77.4. The second kappa shape index (κ2) is 18.2. The third-order valence-electron chi connectivity index (χ3n) is 11.8. The Morgan fingerprint density at radius 3 is 2.00 bits per heavy atom. The average molecular weight is 808 g/mol. The summed E-state index contributed by atoms with van der Waals surface area (Å²) < 4.78 is 0. The van der Waals surface area contributed by atoms with Crippen LogP contribution in [0, 0.1) is 5.41 Å². The number of likely N-dealkylation sites (tertiary alicyclic amines) is 2. The van der Waals surface area contributed by atoms with Gasteiger partial charge in [0.1, 0.15) is 17.9 Å². The maximum atomic E-state index is 14.2. The van der Waals surface area contributed by atoms with E-state index in [1.165, 1.54) is 0 Å². The molecule has 2 fully saturated rings. The number of Topliss-reactive ketones (excluding diaryl/α,β-unsaturated/α-hetero) is 2. The highest BCUT2D eigenvalue weighted by molar-refractivity contribution is 5.99. The molecule has 2 N–H and O–H groups in total. The van der Waals surface area contributed by atoms with Crippen LogP contribution in [0.15, 0.2) is 109 Å². The molecule has 2 aliphatic rings. The Hall–Kier alpha value is -5.87. The van der Waals surface area contributed by atoms with Crippen LogP contribution in [0.3, 0.4) is 0 Å². The second-order valence-corrected chi connectivity index (χ2v) is 17.9. The number of rotatable bonds is 14.